The minimum atomic E-state index is -3.50. The van der Waals surface area contributed by atoms with Crippen LogP contribution in [0.2, 0.25) is 0 Å². The number of carbonyl (C=O) groups is 1. The van der Waals surface area contributed by atoms with E-state index in [1.165, 1.54) is 0 Å². The van der Waals surface area contributed by atoms with Gasteiger partial charge in [-0.3, -0.25) is 4.79 Å². The Morgan fingerprint density at radius 3 is 2.27 bits per heavy atom. The zero-order chi connectivity index (χ0) is 12.1. The summed E-state index contributed by atoms with van der Waals surface area (Å²) in [5, 5.41) is 8.47. The predicted octanol–water partition coefficient (Wildman–Crippen LogP) is -0.0704. The summed E-state index contributed by atoms with van der Waals surface area (Å²) in [6, 6.07) is -0.183. The Balaban J connectivity index is 3.98. The highest BCUT2D eigenvalue weighted by atomic mass is 32.2. The minimum Gasteiger partial charge on any atom is -0.481 e. The molecular weight excluding hydrogens is 220 g/mol. The van der Waals surface area contributed by atoms with Crippen LogP contribution in [0.3, 0.4) is 0 Å². The molecule has 0 aliphatic carbocycles. The van der Waals surface area contributed by atoms with Gasteiger partial charge in [0, 0.05) is 19.0 Å². The summed E-state index contributed by atoms with van der Waals surface area (Å²) in [6.45, 7) is 5.21. The van der Waals surface area contributed by atoms with Gasteiger partial charge in [0.2, 0.25) is 0 Å². The lowest BCUT2D eigenvalue weighted by molar-refractivity contribution is -0.137. The van der Waals surface area contributed by atoms with Crippen LogP contribution in [0.25, 0.3) is 0 Å². The standard InChI is InChI=1S/C8H18N2O4S/c1-6(2)10-15(13,14)9-5-7(3)4-8(11)12/h6-7,9-10H,4-5H2,1-3H3,(H,11,12). The SMILES string of the molecule is CC(CNS(=O)(=O)NC(C)C)CC(=O)O. The predicted molar refractivity (Wildman–Crippen MR) is 56.6 cm³/mol. The van der Waals surface area contributed by atoms with Crippen LogP contribution in [-0.2, 0) is 15.0 Å². The first-order valence-corrected chi connectivity index (χ1v) is 6.20. The van der Waals surface area contributed by atoms with Gasteiger partial charge in [0.15, 0.2) is 0 Å². The smallest absolute Gasteiger partial charge is 0.303 e. The highest BCUT2D eigenvalue weighted by Crippen LogP contribution is 1.99. The molecule has 0 bridgehead atoms. The maximum atomic E-state index is 11.3. The summed E-state index contributed by atoms with van der Waals surface area (Å²) < 4.78 is 27.2. The molecule has 0 fully saturated rings. The molecule has 7 heteroatoms. The van der Waals surface area contributed by atoms with Crippen molar-refractivity contribution in [2.75, 3.05) is 6.54 Å². The maximum Gasteiger partial charge on any atom is 0.303 e. The Kier molecular flexibility index (Phi) is 5.77. The molecule has 0 aliphatic rings. The Labute approximate surface area is 90.2 Å². The van der Waals surface area contributed by atoms with Crippen molar-refractivity contribution in [3.05, 3.63) is 0 Å². The lowest BCUT2D eigenvalue weighted by atomic mass is 10.1. The van der Waals surface area contributed by atoms with Gasteiger partial charge in [-0.2, -0.15) is 13.1 Å². The van der Waals surface area contributed by atoms with E-state index in [-0.39, 0.29) is 24.9 Å². The van der Waals surface area contributed by atoms with Crippen molar-refractivity contribution < 1.29 is 18.3 Å². The molecule has 0 amide bonds. The van der Waals surface area contributed by atoms with Crippen LogP contribution in [0.4, 0.5) is 0 Å². The van der Waals surface area contributed by atoms with Gasteiger partial charge in [0.1, 0.15) is 0 Å². The van der Waals surface area contributed by atoms with Crippen molar-refractivity contribution in [1.29, 1.82) is 0 Å². The minimum absolute atomic E-state index is 0.0514. The number of rotatable bonds is 7. The fraction of sp³-hybridized carbons (Fsp3) is 0.875. The first-order valence-electron chi connectivity index (χ1n) is 4.71. The van der Waals surface area contributed by atoms with Crippen molar-refractivity contribution >= 4 is 16.2 Å². The van der Waals surface area contributed by atoms with E-state index in [2.05, 4.69) is 9.44 Å². The van der Waals surface area contributed by atoms with E-state index in [0.29, 0.717) is 0 Å². The van der Waals surface area contributed by atoms with E-state index >= 15 is 0 Å². The van der Waals surface area contributed by atoms with E-state index in [0.717, 1.165) is 0 Å². The molecule has 0 saturated heterocycles. The van der Waals surface area contributed by atoms with Gasteiger partial charge in [0.25, 0.3) is 10.2 Å². The van der Waals surface area contributed by atoms with E-state index in [1.807, 2.05) is 0 Å². The Morgan fingerprint density at radius 1 is 1.33 bits per heavy atom. The third kappa shape index (κ3) is 8.34. The van der Waals surface area contributed by atoms with E-state index in [1.54, 1.807) is 20.8 Å². The van der Waals surface area contributed by atoms with Gasteiger partial charge in [-0.25, -0.2) is 4.72 Å². The number of hydrogen-bond acceptors (Lipinski definition) is 3. The lowest BCUT2D eigenvalue weighted by Crippen LogP contribution is -2.42. The third-order valence-electron chi connectivity index (χ3n) is 1.54. The molecule has 0 heterocycles. The zero-order valence-corrected chi connectivity index (χ0v) is 9.97. The van der Waals surface area contributed by atoms with Crippen molar-refractivity contribution in [2.24, 2.45) is 5.92 Å². The monoisotopic (exact) mass is 238 g/mol. The quantitative estimate of drug-likeness (QED) is 0.578. The van der Waals surface area contributed by atoms with Crippen LogP contribution in [0, 0.1) is 5.92 Å². The van der Waals surface area contributed by atoms with Gasteiger partial charge < -0.3 is 5.11 Å². The molecule has 1 atom stereocenters. The number of aliphatic carboxylic acids is 1. The second-order valence-corrected chi connectivity index (χ2v) is 5.36. The van der Waals surface area contributed by atoms with Crippen LogP contribution < -0.4 is 9.44 Å². The molecule has 90 valence electrons. The van der Waals surface area contributed by atoms with Crippen LogP contribution in [0.1, 0.15) is 27.2 Å². The molecule has 0 aromatic carbocycles. The van der Waals surface area contributed by atoms with Crippen molar-refractivity contribution in [2.45, 2.75) is 33.2 Å². The van der Waals surface area contributed by atoms with Gasteiger partial charge >= 0.3 is 5.97 Å². The molecule has 0 radical (unpaired) electrons. The van der Waals surface area contributed by atoms with E-state index < -0.39 is 16.2 Å². The maximum absolute atomic E-state index is 11.3. The van der Waals surface area contributed by atoms with Crippen molar-refractivity contribution in [1.82, 2.24) is 9.44 Å². The number of carboxylic acids is 1. The number of nitrogens with one attached hydrogen (secondary N) is 2. The fourth-order valence-electron chi connectivity index (χ4n) is 0.974. The third-order valence-corrected chi connectivity index (χ3v) is 2.86. The number of carboxylic acid groups (broad SMARTS) is 1. The largest absolute Gasteiger partial charge is 0.481 e. The molecule has 0 spiro atoms. The van der Waals surface area contributed by atoms with Crippen LogP contribution in [-0.4, -0.2) is 32.1 Å². The topological polar surface area (TPSA) is 95.5 Å². The van der Waals surface area contributed by atoms with Crippen LogP contribution >= 0.6 is 0 Å². The fourth-order valence-corrected chi connectivity index (χ4v) is 2.18. The summed E-state index contributed by atoms with van der Waals surface area (Å²) in [6.07, 6.45) is -0.0514. The van der Waals surface area contributed by atoms with E-state index in [4.69, 9.17) is 5.11 Å². The van der Waals surface area contributed by atoms with Gasteiger partial charge in [-0.05, 0) is 19.8 Å². The van der Waals surface area contributed by atoms with Crippen molar-refractivity contribution in [3.63, 3.8) is 0 Å². The molecule has 0 rings (SSSR count). The van der Waals surface area contributed by atoms with Crippen LogP contribution in [0.5, 0.6) is 0 Å². The second kappa shape index (κ2) is 6.04. The molecule has 15 heavy (non-hydrogen) atoms. The Bertz CT molecular complexity index is 300. The Hall–Kier alpha value is -0.660. The molecule has 0 aromatic heterocycles. The molecular formula is C8H18N2O4S. The average molecular weight is 238 g/mol. The highest BCUT2D eigenvalue weighted by Gasteiger charge is 2.14. The van der Waals surface area contributed by atoms with Gasteiger partial charge in [-0.15, -0.1) is 0 Å². The van der Waals surface area contributed by atoms with Crippen molar-refractivity contribution in [3.8, 4) is 0 Å². The summed E-state index contributed by atoms with van der Waals surface area (Å²) >= 11 is 0. The summed E-state index contributed by atoms with van der Waals surface area (Å²) in [5.74, 6) is -1.16. The molecule has 1 unspecified atom stereocenters. The molecule has 3 N–H and O–H groups in total. The first-order chi connectivity index (χ1) is 6.73. The van der Waals surface area contributed by atoms with E-state index in [9.17, 15) is 13.2 Å². The molecule has 0 aromatic rings. The van der Waals surface area contributed by atoms with Gasteiger partial charge in [-0.1, -0.05) is 6.92 Å². The average Bonchev–Trinajstić information content (AvgIpc) is 1.97. The number of hydrogen-bond donors (Lipinski definition) is 3. The normalized spacial score (nSPS) is 14.1. The zero-order valence-electron chi connectivity index (χ0n) is 9.15. The highest BCUT2D eigenvalue weighted by molar-refractivity contribution is 7.87. The summed E-state index contributed by atoms with van der Waals surface area (Å²) in [7, 11) is -3.50. The second-order valence-electron chi connectivity index (χ2n) is 3.83. The summed E-state index contributed by atoms with van der Waals surface area (Å²) in [5.41, 5.74) is 0. The molecule has 0 saturated carbocycles. The molecule has 0 aliphatic heterocycles. The van der Waals surface area contributed by atoms with Crippen LogP contribution in [0.15, 0.2) is 0 Å². The summed E-state index contributed by atoms with van der Waals surface area (Å²) in [4.78, 5) is 10.3. The van der Waals surface area contributed by atoms with Gasteiger partial charge in [0.05, 0.1) is 0 Å². The molecule has 6 nitrogen and oxygen atoms in total. The Morgan fingerprint density at radius 2 is 1.87 bits per heavy atom. The first kappa shape index (κ1) is 14.3. The lowest BCUT2D eigenvalue weighted by Gasteiger charge is -2.13.